The van der Waals surface area contributed by atoms with Gasteiger partial charge >= 0.3 is 0 Å². The van der Waals surface area contributed by atoms with Crippen LogP contribution in [-0.2, 0) is 11.2 Å². The SMILES string of the molecule is CCc1ccccc1Nc1ccc(NC(=O)COc2ccccc2)nn1. The van der Waals surface area contributed by atoms with Gasteiger partial charge in [0.15, 0.2) is 18.2 Å². The summed E-state index contributed by atoms with van der Waals surface area (Å²) in [6.45, 7) is 2.01. The molecule has 0 atom stereocenters. The minimum atomic E-state index is -0.291. The molecule has 3 rings (SSSR count). The van der Waals surface area contributed by atoms with Crippen LogP contribution < -0.4 is 15.4 Å². The monoisotopic (exact) mass is 348 g/mol. The van der Waals surface area contributed by atoms with Crippen molar-refractivity contribution in [2.24, 2.45) is 0 Å². The molecule has 0 aliphatic rings. The van der Waals surface area contributed by atoms with Gasteiger partial charge in [-0.25, -0.2) is 0 Å². The van der Waals surface area contributed by atoms with Crippen LogP contribution in [0.15, 0.2) is 66.7 Å². The van der Waals surface area contributed by atoms with Crippen molar-refractivity contribution in [3.05, 3.63) is 72.3 Å². The minimum Gasteiger partial charge on any atom is -0.484 e. The van der Waals surface area contributed by atoms with Crippen LogP contribution in [0.3, 0.4) is 0 Å². The van der Waals surface area contributed by atoms with E-state index in [0.717, 1.165) is 12.1 Å². The molecule has 2 N–H and O–H groups in total. The number of hydrogen-bond acceptors (Lipinski definition) is 5. The maximum atomic E-state index is 11.9. The molecule has 26 heavy (non-hydrogen) atoms. The van der Waals surface area contributed by atoms with Crippen LogP contribution in [0.4, 0.5) is 17.3 Å². The van der Waals surface area contributed by atoms with Gasteiger partial charge in [-0.05, 0) is 42.3 Å². The number of aromatic nitrogens is 2. The van der Waals surface area contributed by atoms with Gasteiger partial charge in [0.1, 0.15) is 5.75 Å². The second kappa shape index (κ2) is 8.62. The lowest BCUT2D eigenvalue weighted by atomic mass is 10.1. The highest BCUT2D eigenvalue weighted by atomic mass is 16.5. The summed E-state index contributed by atoms with van der Waals surface area (Å²) in [7, 11) is 0. The number of carbonyl (C=O) groups is 1. The maximum Gasteiger partial charge on any atom is 0.263 e. The molecule has 6 heteroatoms. The normalized spacial score (nSPS) is 10.2. The Hall–Kier alpha value is -3.41. The van der Waals surface area contributed by atoms with Crippen LogP contribution in [-0.4, -0.2) is 22.7 Å². The zero-order valence-electron chi connectivity index (χ0n) is 14.5. The Morgan fingerprint density at radius 2 is 1.62 bits per heavy atom. The van der Waals surface area contributed by atoms with Crippen molar-refractivity contribution < 1.29 is 9.53 Å². The van der Waals surface area contributed by atoms with Gasteiger partial charge in [0.2, 0.25) is 0 Å². The number of benzene rings is 2. The second-order valence-corrected chi connectivity index (χ2v) is 5.59. The summed E-state index contributed by atoms with van der Waals surface area (Å²) >= 11 is 0. The lowest BCUT2D eigenvalue weighted by molar-refractivity contribution is -0.118. The first-order valence-electron chi connectivity index (χ1n) is 8.41. The van der Waals surface area contributed by atoms with E-state index >= 15 is 0 Å². The molecule has 0 radical (unpaired) electrons. The predicted molar refractivity (Wildman–Crippen MR) is 102 cm³/mol. The van der Waals surface area contributed by atoms with Gasteiger partial charge in [-0.15, -0.1) is 10.2 Å². The smallest absolute Gasteiger partial charge is 0.263 e. The Bertz CT molecular complexity index is 851. The van der Waals surface area contributed by atoms with Crippen molar-refractivity contribution in [1.29, 1.82) is 0 Å². The molecule has 0 aliphatic carbocycles. The average Bonchev–Trinajstić information content (AvgIpc) is 2.69. The highest BCUT2D eigenvalue weighted by molar-refractivity contribution is 5.90. The van der Waals surface area contributed by atoms with Crippen molar-refractivity contribution in [1.82, 2.24) is 10.2 Å². The molecule has 1 heterocycles. The van der Waals surface area contributed by atoms with Crippen LogP contribution in [0.1, 0.15) is 12.5 Å². The lowest BCUT2D eigenvalue weighted by Crippen LogP contribution is -2.21. The van der Waals surface area contributed by atoms with Crippen LogP contribution in [0.25, 0.3) is 0 Å². The van der Waals surface area contributed by atoms with E-state index in [9.17, 15) is 4.79 Å². The van der Waals surface area contributed by atoms with E-state index in [1.54, 1.807) is 24.3 Å². The third-order valence-corrected chi connectivity index (χ3v) is 3.71. The van der Waals surface area contributed by atoms with Crippen molar-refractivity contribution in [2.75, 3.05) is 17.2 Å². The first kappa shape index (κ1) is 17.4. The van der Waals surface area contributed by atoms with E-state index in [1.807, 2.05) is 36.4 Å². The summed E-state index contributed by atoms with van der Waals surface area (Å²) in [5, 5.41) is 14.0. The number of rotatable bonds is 7. The number of aryl methyl sites for hydroxylation is 1. The molecule has 2 aromatic carbocycles. The van der Waals surface area contributed by atoms with Crippen molar-refractivity contribution in [3.63, 3.8) is 0 Å². The first-order valence-corrected chi connectivity index (χ1v) is 8.41. The number of amides is 1. The number of anilines is 3. The summed E-state index contributed by atoms with van der Waals surface area (Å²) in [4.78, 5) is 11.9. The number of carbonyl (C=O) groups excluding carboxylic acids is 1. The Morgan fingerprint density at radius 1 is 0.923 bits per heavy atom. The Balaban J connectivity index is 1.55. The standard InChI is InChI=1S/C20H20N4O2/c1-2-15-8-6-7-11-17(15)21-18-12-13-19(24-23-18)22-20(25)14-26-16-9-4-3-5-10-16/h3-13H,2,14H2,1H3,(H,21,23)(H,22,24,25). The van der Waals surface area contributed by atoms with Gasteiger partial charge < -0.3 is 15.4 Å². The van der Waals surface area contributed by atoms with E-state index in [0.29, 0.717) is 17.4 Å². The van der Waals surface area contributed by atoms with Crippen LogP contribution in [0, 0.1) is 0 Å². The number of ether oxygens (including phenoxy) is 1. The number of nitrogens with one attached hydrogen (secondary N) is 2. The molecular formula is C20H20N4O2. The summed E-state index contributed by atoms with van der Waals surface area (Å²) in [6.07, 6.45) is 0.923. The fraction of sp³-hybridized carbons (Fsp3) is 0.150. The van der Waals surface area contributed by atoms with Gasteiger partial charge in [0, 0.05) is 5.69 Å². The number of para-hydroxylation sites is 2. The lowest BCUT2D eigenvalue weighted by Gasteiger charge is -2.10. The van der Waals surface area contributed by atoms with Gasteiger partial charge in [0.25, 0.3) is 5.91 Å². The molecule has 0 saturated heterocycles. The van der Waals surface area contributed by atoms with E-state index in [1.165, 1.54) is 5.56 Å². The molecule has 1 amide bonds. The zero-order valence-corrected chi connectivity index (χ0v) is 14.5. The first-order chi connectivity index (χ1) is 12.7. The summed E-state index contributed by atoms with van der Waals surface area (Å²) in [6, 6.07) is 20.7. The molecule has 1 aromatic heterocycles. The van der Waals surface area contributed by atoms with Crippen molar-refractivity contribution >= 4 is 23.2 Å². The van der Waals surface area contributed by atoms with E-state index in [-0.39, 0.29) is 12.5 Å². The second-order valence-electron chi connectivity index (χ2n) is 5.59. The topological polar surface area (TPSA) is 76.1 Å². The van der Waals surface area contributed by atoms with Crippen LogP contribution >= 0.6 is 0 Å². The molecule has 0 bridgehead atoms. The molecule has 132 valence electrons. The molecule has 0 spiro atoms. The molecule has 0 unspecified atom stereocenters. The van der Waals surface area contributed by atoms with Gasteiger partial charge in [-0.3, -0.25) is 4.79 Å². The molecule has 0 saturated carbocycles. The van der Waals surface area contributed by atoms with E-state index in [4.69, 9.17) is 4.74 Å². The molecule has 0 fully saturated rings. The Morgan fingerprint density at radius 3 is 2.35 bits per heavy atom. The number of nitrogens with zero attached hydrogens (tertiary/aromatic N) is 2. The predicted octanol–water partition coefficient (Wildman–Crippen LogP) is 3.80. The third-order valence-electron chi connectivity index (χ3n) is 3.71. The van der Waals surface area contributed by atoms with E-state index < -0.39 is 0 Å². The molecule has 0 aliphatic heterocycles. The maximum absolute atomic E-state index is 11.9. The molecule has 3 aromatic rings. The van der Waals surface area contributed by atoms with E-state index in [2.05, 4.69) is 33.8 Å². The molecule has 6 nitrogen and oxygen atoms in total. The average molecular weight is 348 g/mol. The fourth-order valence-electron chi connectivity index (χ4n) is 2.40. The van der Waals surface area contributed by atoms with Crippen LogP contribution in [0.2, 0.25) is 0 Å². The minimum absolute atomic E-state index is 0.0877. The summed E-state index contributed by atoms with van der Waals surface area (Å²) in [5.74, 6) is 1.34. The number of hydrogen-bond donors (Lipinski definition) is 2. The van der Waals surface area contributed by atoms with Crippen molar-refractivity contribution in [3.8, 4) is 5.75 Å². The highest BCUT2D eigenvalue weighted by Gasteiger charge is 2.06. The van der Waals surface area contributed by atoms with Gasteiger partial charge in [-0.2, -0.15) is 0 Å². The summed E-state index contributed by atoms with van der Waals surface area (Å²) < 4.78 is 5.40. The molecular weight excluding hydrogens is 328 g/mol. The Kier molecular flexibility index (Phi) is 5.77. The summed E-state index contributed by atoms with van der Waals surface area (Å²) in [5.41, 5.74) is 2.20. The Labute approximate surface area is 152 Å². The third kappa shape index (κ3) is 4.80. The van der Waals surface area contributed by atoms with Gasteiger partial charge in [0.05, 0.1) is 0 Å². The zero-order chi connectivity index (χ0) is 18.2. The largest absolute Gasteiger partial charge is 0.484 e. The van der Waals surface area contributed by atoms with Crippen molar-refractivity contribution in [2.45, 2.75) is 13.3 Å². The highest BCUT2D eigenvalue weighted by Crippen LogP contribution is 2.20. The van der Waals surface area contributed by atoms with Crippen LogP contribution in [0.5, 0.6) is 5.75 Å². The fourth-order valence-corrected chi connectivity index (χ4v) is 2.40. The van der Waals surface area contributed by atoms with Gasteiger partial charge in [-0.1, -0.05) is 43.3 Å². The quantitative estimate of drug-likeness (QED) is 0.679.